The Balaban J connectivity index is 1.50. The average Bonchev–Trinajstić information content (AvgIpc) is 1.95. The zero-order valence-corrected chi connectivity index (χ0v) is 45.3. The molecule has 0 aromatic rings. The molecule has 0 spiro atoms. The van der Waals surface area contributed by atoms with E-state index in [4.69, 9.17) is 58.8 Å². The molecule has 11 N–H and O–H groups in total. The van der Waals surface area contributed by atoms with Gasteiger partial charge in [-0.2, -0.15) is 0 Å². The van der Waals surface area contributed by atoms with E-state index in [1.165, 1.54) is 4.72 Å². The van der Waals surface area contributed by atoms with Gasteiger partial charge < -0.3 is 137 Å². The standard InChI is InChI=1S/C31H53N3O43S6/c1-63-29-10(34-78(45,46)47)13(37)17(6(69-29)3-65-80(51,52)53)70-31-22(77-83(60,61)62)16(40)21(24(75-31)26(43)44)73-28-9(33)19(76-82(57,58)59)18(7(68-28)4-66-81(54,55)56)71-30-15(39)14(38)20(23(74-30)25(41)42)72-27-8(32)12(36)11(35)5(67-27)2-64-79(48,49)50/h5-24,27-31,34-40H,2-4,32-33H2,1H3,(H,41,42)(H,43,44)(H,45,46,47)(H,48,49,50)(H,51,52,53)(H,54,55,56)(H,57,58,59)(H,60,61,62)/p-8/t5-,6-,7-,8-,9-,10-,11-,12-,13-,14-,15-,16+,17-,18-,19-,20+,21+,22-,23+,24-,27-,28+,29+,30-,31-/m1/s1. The molecular formula is C31H45N3O43S6-8. The number of nitrogens with one attached hydrogen (secondary N) is 1. The maximum Gasteiger partial charge on any atom is 0.218 e. The van der Waals surface area contributed by atoms with Gasteiger partial charge in [-0.05, 0) is 0 Å². The molecule has 5 rings (SSSR count). The summed E-state index contributed by atoms with van der Waals surface area (Å²) in [6.07, 6.45) is -59.2. The summed E-state index contributed by atoms with van der Waals surface area (Å²) >= 11 is 0. The Hall–Kier alpha value is -2.56. The summed E-state index contributed by atoms with van der Waals surface area (Å²) < 4.78 is 285. The minimum atomic E-state index is -6.30. The summed E-state index contributed by atoms with van der Waals surface area (Å²) in [5, 5.41) is 91.0. The molecule has 52 heteroatoms. The molecule has 46 nitrogen and oxygen atoms in total. The fourth-order valence-corrected chi connectivity index (χ4v) is 10.9. The molecule has 0 saturated carbocycles. The maximum absolute atomic E-state index is 12.7. The van der Waals surface area contributed by atoms with Gasteiger partial charge in [0.15, 0.2) is 47.9 Å². The zero-order valence-electron chi connectivity index (χ0n) is 40.4. The van der Waals surface area contributed by atoms with Crippen LogP contribution in [0, 0.1) is 0 Å². The van der Waals surface area contributed by atoms with Crippen molar-refractivity contribution in [3.05, 3.63) is 0 Å². The second-order valence-electron chi connectivity index (χ2n) is 17.5. The first-order valence-electron chi connectivity index (χ1n) is 22.1. The number of carbonyl (C=O) groups is 2. The van der Waals surface area contributed by atoms with Gasteiger partial charge in [0, 0.05) is 7.11 Å². The molecule has 0 aromatic heterocycles. The Labute approximate surface area is 465 Å². The van der Waals surface area contributed by atoms with Crippen molar-refractivity contribution in [1.82, 2.24) is 4.72 Å². The number of aliphatic hydroxyl groups is 6. The summed E-state index contributed by atoms with van der Waals surface area (Å²) in [5.41, 5.74) is 11.9. The van der Waals surface area contributed by atoms with Crippen molar-refractivity contribution in [2.45, 2.75) is 153 Å². The van der Waals surface area contributed by atoms with E-state index in [0.29, 0.717) is 0 Å². The van der Waals surface area contributed by atoms with E-state index in [0.717, 1.165) is 7.11 Å². The molecule has 83 heavy (non-hydrogen) atoms. The number of rotatable bonds is 26. The number of methoxy groups -OCH3 is 1. The minimum absolute atomic E-state index is 0.732. The van der Waals surface area contributed by atoms with Gasteiger partial charge >= 0.3 is 0 Å². The topological polar surface area (TPSA) is 747 Å². The monoisotopic (exact) mass is 1340 g/mol. The summed E-state index contributed by atoms with van der Waals surface area (Å²) in [4.78, 5) is 25.2. The third-order valence-corrected chi connectivity index (χ3v) is 14.7. The van der Waals surface area contributed by atoms with Crippen molar-refractivity contribution in [1.29, 1.82) is 0 Å². The highest BCUT2D eigenvalue weighted by Crippen LogP contribution is 2.38. The van der Waals surface area contributed by atoms with E-state index >= 15 is 0 Å². The smallest absolute Gasteiger partial charge is 0.218 e. The summed E-state index contributed by atoms with van der Waals surface area (Å²) in [5.74, 6) is -5.09. The lowest BCUT2D eigenvalue weighted by atomic mass is 9.94. The van der Waals surface area contributed by atoms with Crippen molar-refractivity contribution < 1.29 is 197 Å². The van der Waals surface area contributed by atoms with E-state index in [9.17, 15) is 128 Å². The van der Waals surface area contributed by atoms with Crippen LogP contribution in [0.1, 0.15) is 0 Å². The van der Waals surface area contributed by atoms with Crippen LogP contribution in [0.3, 0.4) is 0 Å². The summed E-state index contributed by atoms with van der Waals surface area (Å²) in [6, 6.07) is -7.07. The van der Waals surface area contributed by atoms with Crippen molar-refractivity contribution in [3.63, 3.8) is 0 Å². The van der Waals surface area contributed by atoms with Crippen molar-refractivity contribution in [3.8, 4) is 0 Å². The van der Waals surface area contributed by atoms with Crippen LogP contribution in [0.2, 0.25) is 0 Å². The quantitative estimate of drug-likeness (QED) is 0.0287. The molecule has 5 aliphatic rings. The second-order valence-corrected chi connectivity index (χ2v) is 23.8. The van der Waals surface area contributed by atoms with Crippen LogP contribution in [0.25, 0.3) is 0 Å². The Morgan fingerprint density at radius 3 is 1.29 bits per heavy atom. The van der Waals surface area contributed by atoms with E-state index in [1.807, 2.05) is 0 Å². The first kappa shape index (κ1) is 71.2. The number of carbonyl (C=O) groups excluding carboxylic acids is 2. The molecule has 5 aliphatic heterocycles. The molecule has 0 radical (unpaired) electrons. The van der Waals surface area contributed by atoms with Crippen LogP contribution in [-0.4, -0.2) is 301 Å². The first-order chi connectivity index (χ1) is 37.8. The fourth-order valence-electron chi connectivity index (χ4n) is 8.41. The lowest BCUT2D eigenvalue weighted by molar-refractivity contribution is -0.388. The van der Waals surface area contributed by atoms with Crippen LogP contribution in [0.15, 0.2) is 0 Å². The summed E-state index contributed by atoms with van der Waals surface area (Å²) in [7, 11) is -34.8. The molecule has 5 heterocycles. The largest absolute Gasteiger partial charge is 0.735 e. The predicted molar refractivity (Wildman–Crippen MR) is 225 cm³/mol. The normalized spacial score (nSPS) is 40.8. The van der Waals surface area contributed by atoms with E-state index in [2.05, 4.69) is 20.9 Å². The Kier molecular flexibility index (Phi) is 23.5. The molecule has 486 valence electrons. The number of nitrogens with two attached hydrogens (primary N) is 2. The molecule has 0 unspecified atom stereocenters. The number of carboxylic acid groups (broad SMARTS) is 2. The molecule has 0 aromatic carbocycles. The lowest BCUT2D eigenvalue weighted by Crippen LogP contribution is -2.71. The third-order valence-electron chi connectivity index (χ3n) is 11.9. The van der Waals surface area contributed by atoms with Crippen LogP contribution >= 0.6 is 0 Å². The van der Waals surface area contributed by atoms with Crippen molar-refractivity contribution in [2.75, 3.05) is 26.9 Å². The average molecular weight is 1340 g/mol. The minimum Gasteiger partial charge on any atom is -0.735 e. The Morgan fingerprint density at radius 2 is 0.831 bits per heavy atom. The predicted octanol–water partition coefficient (Wildman–Crippen LogP) is -17.3. The third kappa shape index (κ3) is 19.5. The van der Waals surface area contributed by atoms with Crippen molar-refractivity contribution >= 4 is 74.2 Å². The highest BCUT2D eigenvalue weighted by atomic mass is 32.3. The Bertz CT molecular complexity index is 2940. The number of ether oxygens (including phenoxy) is 10. The highest BCUT2D eigenvalue weighted by Gasteiger charge is 2.58. The van der Waals surface area contributed by atoms with Gasteiger partial charge in [0.2, 0.25) is 52.0 Å². The lowest BCUT2D eigenvalue weighted by Gasteiger charge is -2.51. The van der Waals surface area contributed by atoms with Gasteiger partial charge in [0.25, 0.3) is 0 Å². The van der Waals surface area contributed by atoms with Gasteiger partial charge in [-0.3, -0.25) is 20.9 Å². The fraction of sp³-hybridized carbons (Fsp3) is 0.935. The van der Waals surface area contributed by atoms with Gasteiger partial charge in [0.1, 0.15) is 104 Å². The molecule has 0 bridgehead atoms. The number of hydrogen-bond acceptors (Lipinski definition) is 45. The number of aliphatic carboxylic acids is 2. The molecule has 0 amide bonds. The SMILES string of the molecule is CO[C@H]1O[C@H](COS(=O)(=O)[O-])[C@@H](O[C@@H]2O[C@@H](C(=O)[O-])[C@@H](O[C@@H]3O[C@H](COS(=O)(=O)[O-])[C@@H](O[C@@H]4O[C@H](C(=O)[O-])[C@@H](O[C@H]5O[C@H](COS(=O)(=O)[O-])[C@@H](O)[C@H](O)[C@H]5N)[C@H](O)[C@H]4O)[C@H](OS(=O)(=O)[O-])[C@H]3N)[C@H](O)[C@H]2OS(=O)(=O)[O-])[C@H](O)[C@H]1NS(=O)(=O)[O-]. The van der Waals surface area contributed by atoms with Gasteiger partial charge in [-0.15, -0.1) is 0 Å². The molecule has 25 atom stereocenters. The van der Waals surface area contributed by atoms with Crippen LogP contribution in [0.4, 0.5) is 0 Å². The first-order valence-corrected chi connectivity index (χ1v) is 30.1. The van der Waals surface area contributed by atoms with Crippen LogP contribution in [0.5, 0.6) is 0 Å². The number of carboxylic acids is 2. The number of aliphatic hydroxyl groups excluding tert-OH is 6. The van der Waals surface area contributed by atoms with Crippen molar-refractivity contribution in [2.24, 2.45) is 11.5 Å². The molecule has 5 fully saturated rings. The second kappa shape index (κ2) is 27.4. The van der Waals surface area contributed by atoms with E-state index in [1.54, 1.807) is 0 Å². The molecular weight excluding hydrogens is 1290 g/mol. The zero-order chi connectivity index (χ0) is 63.0. The van der Waals surface area contributed by atoms with Gasteiger partial charge in [0.05, 0.1) is 43.8 Å². The number of hydrogen-bond donors (Lipinski definition) is 9. The van der Waals surface area contributed by atoms with Crippen LogP contribution in [-0.2, 0) is 140 Å². The van der Waals surface area contributed by atoms with Crippen LogP contribution < -0.4 is 26.4 Å². The van der Waals surface area contributed by atoms with Gasteiger partial charge in [-0.1, -0.05) is 0 Å². The molecule has 0 aliphatic carbocycles. The van der Waals surface area contributed by atoms with E-state index in [-0.39, 0.29) is 0 Å². The summed E-state index contributed by atoms with van der Waals surface area (Å²) in [6.45, 7) is -4.81. The maximum atomic E-state index is 12.7. The van der Waals surface area contributed by atoms with E-state index < -0.39 is 247 Å². The Morgan fingerprint density at radius 1 is 0.434 bits per heavy atom. The molecule has 5 saturated heterocycles. The van der Waals surface area contributed by atoms with Gasteiger partial charge in [-0.25, -0.2) is 55.2 Å². The highest BCUT2D eigenvalue weighted by molar-refractivity contribution is 7.83.